The van der Waals surface area contributed by atoms with E-state index in [0.29, 0.717) is 31.3 Å². The maximum Gasteiger partial charge on any atom is 0.387 e. The Morgan fingerprint density at radius 1 is 1.21 bits per heavy atom. The summed E-state index contributed by atoms with van der Waals surface area (Å²) in [6.45, 7) is -0.592. The molecule has 0 spiro atoms. The molecule has 1 N–H and O–H groups in total. The molecule has 1 saturated heterocycles. The lowest BCUT2D eigenvalue weighted by molar-refractivity contribution is -0.136. The fraction of sp³-hybridized carbons (Fsp3) is 0.478. The molecule has 2 aromatic rings. The number of hydrogen-bond donors (Lipinski definition) is 1. The third-order valence-electron chi connectivity index (χ3n) is 5.87. The third-order valence-corrected chi connectivity index (χ3v) is 5.87. The average molecular weight is 460 g/mol. The van der Waals surface area contributed by atoms with Crippen LogP contribution < -0.4 is 14.8 Å². The summed E-state index contributed by atoms with van der Waals surface area (Å²) in [6, 6.07) is 5.86. The second-order valence-corrected chi connectivity index (χ2v) is 8.34. The molecular weight excluding hydrogens is 434 g/mol. The Morgan fingerprint density at radius 2 is 1.97 bits per heavy atom. The molecule has 8 nitrogen and oxygen atoms in total. The van der Waals surface area contributed by atoms with E-state index < -0.39 is 12.7 Å². The van der Waals surface area contributed by atoms with Gasteiger partial charge < -0.3 is 19.7 Å². The number of alkyl halides is 2. The van der Waals surface area contributed by atoms with Crippen LogP contribution in [-0.2, 0) is 16.1 Å². The Labute approximate surface area is 190 Å². The van der Waals surface area contributed by atoms with Crippen LogP contribution in [0.2, 0.25) is 0 Å². The highest BCUT2D eigenvalue weighted by atomic mass is 19.3. The van der Waals surface area contributed by atoms with Gasteiger partial charge in [-0.3, -0.25) is 9.59 Å². The van der Waals surface area contributed by atoms with Crippen LogP contribution in [-0.4, -0.2) is 52.5 Å². The molecule has 1 saturated carbocycles. The second-order valence-electron chi connectivity index (χ2n) is 8.34. The summed E-state index contributed by atoms with van der Waals surface area (Å²) in [5.41, 5.74) is 0.801. The van der Waals surface area contributed by atoms with Gasteiger partial charge in [0.05, 0.1) is 13.2 Å². The largest absolute Gasteiger partial charge is 0.489 e. The van der Waals surface area contributed by atoms with Crippen LogP contribution in [0.5, 0.6) is 11.5 Å². The van der Waals surface area contributed by atoms with Gasteiger partial charge in [0, 0.05) is 31.8 Å². The first-order valence-corrected chi connectivity index (χ1v) is 10.9. The zero-order valence-electron chi connectivity index (χ0n) is 18.2. The molecule has 1 aliphatic carbocycles. The van der Waals surface area contributed by atoms with E-state index in [-0.39, 0.29) is 35.8 Å². The molecule has 33 heavy (non-hydrogen) atoms. The van der Waals surface area contributed by atoms with Gasteiger partial charge in [0.15, 0.2) is 11.5 Å². The summed E-state index contributed by atoms with van der Waals surface area (Å²) in [5, 5.41) is 2.79. The van der Waals surface area contributed by atoms with Gasteiger partial charge in [0.2, 0.25) is 11.8 Å². The van der Waals surface area contributed by atoms with Crippen LogP contribution in [0.4, 0.5) is 8.78 Å². The van der Waals surface area contributed by atoms with Crippen molar-refractivity contribution in [3.8, 4) is 11.5 Å². The van der Waals surface area contributed by atoms with E-state index in [1.54, 1.807) is 30.6 Å². The topological polar surface area (TPSA) is 93.7 Å². The van der Waals surface area contributed by atoms with E-state index in [4.69, 9.17) is 4.74 Å². The van der Waals surface area contributed by atoms with Crippen molar-refractivity contribution in [3.63, 3.8) is 0 Å². The van der Waals surface area contributed by atoms with Crippen molar-refractivity contribution in [2.45, 2.75) is 51.3 Å². The SMILES string of the molecule is CC(=O)N1CC(c2ccc(OC(F)F)c(OCC3CC3)c2)C[C@@H]1C(=O)NCc1ncccn1. The van der Waals surface area contributed by atoms with Crippen LogP contribution in [0.3, 0.4) is 0 Å². The van der Waals surface area contributed by atoms with Gasteiger partial charge in [-0.05, 0) is 48.9 Å². The fourth-order valence-corrected chi connectivity index (χ4v) is 3.96. The van der Waals surface area contributed by atoms with Gasteiger partial charge in [-0.15, -0.1) is 0 Å². The van der Waals surface area contributed by atoms with Crippen LogP contribution in [0.25, 0.3) is 0 Å². The number of aromatic nitrogens is 2. The lowest BCUT2D eigenvalue weighted by Gasteiger charge is -2.22. The molecule has 4 rings (SSSR count). The van der Waals surface area contributed by atoms with E-state index in [1.165, 1.54) is 17.9 Å². The first-order chi connectivity index (χ1) is 15.9. The average Bonchev–Trinajstić information content (AvgIpc) is 3.52. The number of amides is 2. The van der Waals surface area contributed by atoms with Crippen LogP contribution in [0, 0.1) is 5.92 Å². The van der Waals surface area contributed by atoms with Crippen LogP contribution in [0.15, 0.2) is 36.7 Å². The number of hydrogen-bond acceptors (Lipinski definition) is 6. The number of benzene rings is 1. The van der Waals surface area contributed by atoms with Gasteiger partial charge in [-0.25, -0.2) is 9.97 Å². The maximum absolute atomic E-state index is 12.8. The quantitative estimate of drug-likeness (QED) is 0.619. The van der Waals surface area contributed by atoms with Gasteiger partial charge in [0.25, 0.3) is 0 Å². The first kappa shape index (κ1) is 22.9. The van der Waals surface area contributed by atoms with Crippen molar-refractivity contribution in [1.82, 2.24) is 20.2 Å². The van der Waals surface area contributed by atoms with Crippen molar-refractivity contribution in [2.24, 2.45) is 5.92 Å². The maximum atomic E-state index is 12.8. The number of likely N-dealkylation sites (tertiary alicyclic amines) is 1. The van der Waals surface area contributed by atoms with Gasteiger partial charge in [0.1, 0.15) is 11.9 Å². The highest BCUT2D eigenvalue weighted by molar-refractivity contribution is 5.87. The lowest BCUT2D eigenvalue weighted by atomic mass is 9.95. The normalized spacial score (nSPS) is 20.1. The Balaban J connectivity index is 1.47. The third kappa shape index (κ3) is 5.94. The van der Waals surface area contributed by atoms with Crippen molar-refractivity contribution in [2.75, 3.05) is 13.2 Å². The fourth-order valence-electron chi connectivity index (χ4n) is 3.96. The molecular formula is C23H26F2N4O4. The number of carbonyl (C=O) groups excluding carboxylic acids is 2. The zero-order chi connectivity index (χ0) is 23.4. The molecule has 1 unspecified atom stereocenters. The second kappa shape index (κ2) is 10.1. The molecule has 176 valence electrons. The Bertz CT molecular complexity index is 988. The zero-order valence-corrected chi connectivity index (χ0v) is 18.2. The summed E-state index contributed by atoms with van der Waals surface area (Å²) in [4.78, 5) is 34.8. The van der Waals surface area contributed by atoms with E-state index in [9.17, 15) is 18.4 Å². The monoisotopic (exact) mass is 460 g/mol. The summed E-state index contributed by atoms with van der Waals surface area (Å²) < 4.78 is 36.0. The molecule has 1 aromatic carbocycles. The Hall–Kier alpha value is -3.30. The molecule has 0 radical (unpaired) electrons. The van der Waals surface area contributed by atoms with E-state index >= 15 is 0 Å². The minimum atomic E-state index is -2.96. The number of nitrogens with zero attached hydrogens (tertiary/aromatic N) is 3. The number of carbonyl (C=O) groups is 2. The molecule has 2 amide bonds. The van der Waals surface area contributed by atoms with Crippen molar-refractivity contribution in [3.05, 3.63) is 48.0 Å². The minimum absolute atomic E-state index is 0.0204. The van der Waals surface area contributed by atoms with Gasteiger partial charge in [-0.2, -0.15) is 8.78 Å². The highest BCUT2D eigenvalue weighted by Gasteiger charge is 2.39. The van der Waals surface area contributed by atoms with Crippen LogP contribution in [0.1, 0.15) is 43.5 Å². The molecule has 1 aliphatic heterocycles. The Kier molecular flexibility index (Phi) is 7.00. The smallest absolute Gasteiger partial charge is 0.387 e. The standard InChI is InChI=1S/C23H26F2N4O4/c1-14(30)29-12-17(9-18(29)22(31)28-11-21-26-7-2-8-27-21)16-5-6-19(33-23(24)25)20(10-16)32-13-15-3-4-15/h2,5-8,10,15,17-18,23H,3-4,9,11-13H2,1H3,(H,28,31)/t17?,18-/m1/s1. The summed E-state index contributed by atoms with van der Waals surface area (Å²) >= 11 is 0. The Morgan fingerprint density at radius 3 is 2.64 bits per heavy atom. The molecule has 10 heteroatoms. The predicted octanol–water partition coefficient (Wildman–Crippen LogP) is 2.89. The molecule has 2 fully saturated rings. The van der Waals surface area contributed by atoms with Crippen molar-refractivity contribution >= 4 is 11.8 Å². The molecule has 0 bridgehead atoms. The minimum Gasteiger partial charge on any atom is -0.489 e. The number of nitrogens with one attached hydrogen (secondary N) is 1. The lowest BCUT2D eigenvalue weighted by Crippen LogP contribution is -2.45. The molecule has 2 aliphatic rings. The van der Waals surface area contributed by atoms with E-state index in [2.05, 4.69) is 20.0 Å². The summed E-state index contributed by atoms with van der Waals surface area (Å²) in [6.07, 6.45) is 5.70. The van der Waals surface area contributed by atoms with Crippen molar-refractivity contribution in [1.29, 1.82) is 0 Å². The molecule has 2 atom stereocenters. The molecule has 1 aromatic heterocycles. The number of ether oxygens (including phenoxy) is 2. The van der Waals surface area contributed by atoms with Crippen molar-refractivity contribution < 1.29 is 27.8 Å². The van der Waals surface area contributed by atoms with Gasteiger partial charge >= 0.3 is 6.61 Å². The highest BCUT2D eigenvalue weighted by Crippen LogP contribution is 2.38. The first-order valence-electron chi connectivity index (χ1n) is 10.9. The summed E-state index contributed by atoms with van der Waals surface area (Å²) in [5.74, 6) is 0.494. The van der Waals surface area contributed by atoms with E-state index in [1.807, 2.05) is 0 Å². The number of halogens is 2. The number of rotatable bonds is 9. The summed E-state index contributed by atoms with van der Waals surface area (Å²) in [7, 11) is 0. The van der Waals surface area contributed by atoms with Crippen LogP contribution >= 0.6 is 0 Å². The molecule has 2 heterocycles. The van der Waals surface area contributed by atoms with Gasteiger partial charge in [-0.1, -0.05) is 6.07 Å². The van der Waals surface area contributed by atoms with E-state index in [0.717, 1.165) is 18.4 Å². The predicted molar refractivity (Wildman–Crippen MR) is 114 cm³/mol.